The molecule has 1 heterocycles. The van der Waals surface area contributed by atoms with E-state index in [-0.39, 0.29) is 0 Å². The molecule has 0 spiro atoms. The van der Waals surface area contributed by atoms with Crippen molar-refractivity contribution in [1.82, 2.24) is 14.8 Å². The van der Waals surface area contributed by atoms with E-state index in [4.69, 9.17) is 4.74 Å². The summed E-state index contributed by atoms with van der Waals surface area (Å²) in [7, 11) is 7.83. The van der Waals surface area contributed by atoms with Crippen LogP contribution in [0.1, 0.15) is 37.8 Å². The molecule has 0 atom stereocenters. The van der Waals surface area contributed by atoms with Gasteiger partial charge in [0.15, 0.2) is 5.96 Å². The van der Waals surface area contributed by atoms with Gasteiger partial charge in [0, 0.05) is 53.3 Å². The Kier molecular flexibility index (Phi) is 6.51. The number of guanidine groups is 1. The van der Waals surface area contributed by atoms with E-state index in [0.29, 0.717) is 5.41 Å². The van der Waals surface area contributed by atoms with Gasteiger partial charge in [-0.1, -0.05) is 12.8 Å². The molecule has 1 aliphatic carbocycles. The second-order valence-corrected chi connectivity index (χ2v) is 6.82. The predicted molar refractivity (Wildman–Crippen MR) is 95.6 cm³/mol. The molecule has 0 aromatic carbocycles. The highest BCUT2D eigenvalue weighted by Crippen LogP contribution is 2.40. The van der Waals surface area contributed by atoms with Crippen LogP contribution in [0.4, 0.5) is 0 Å². The van der Waals surface area contributed by atoms with Gasteiger partial charge in [-0.3, -0.25) is 4.99 Å². The minimum atomic E-state index is 0.373. The zero-order valence-electron chi connectivity index (χ0n) is 15.1. The maximum Gasteiger partial charge on any atom is 0.193 e. The average Bonchev–Trinajstić information content (AvgIpc) is 3.16. The molecule has 130 valence electrons. The first-order chi connectivity index (χ1) is 11.1. The van der Waals surface area contributed by atoms with Gasteiger partial charge in [0.25, 0.3) is 0 Å². The lowest BCUT2D eigenvalue weighted by Gasteiger charge is -2.31. The number of aryl methyl sites for hydroxylation is 1. The Morgan fingerprint density at radius 2 is 2.17 bits per heavy atom. The molecule has 1 fully saturated rings. The Labute approximate surface area is 140 Å². The largest absolute Gasteiger partial charge is 0.385 e. The van der Waals surface area contributed by atoms with Crippen LogP contribution in [0.3, 0.4) is 0 Å². The molecular weight excluding hydrogens is 288 g/mol. The molecule has 5 heteroatoms. The summed E-state index contributed by atoms with van der Waals surface area (Å²) < 4.78 is 7.48. The Morgan fingerprint density at radius 3 is 2.74 bits per heavy atom. The van der Waals surface area contributed by atoms with Crippen LogP contribution in [0.15, 0.2) is 23.3 Å². The maximum absolute atomic E-state index is 5.32. The SMILES string of the molecule is CN=C(NCC1(CCOC)CCCC1)N(C)Cc1cccn1C. The van der Waals surface area contributed by atoms with E-state index >= 15 is 0 Å². The van der Waals surface area contributed by atoms with E-state index < -0.39 is 0 Å². The number of aromatic nitrogens is 1. The van der Waals surface area contributed by atoms with Gasteiger partial charge in [0.05, 0.1) is 6.54 Å². The van der Waals surface area contributed by atoms with Crippen molar-refractivity contribution >= 4 is 5.96 Å². The summed E-state index contributed by atoms with van der Waals surface area (Å²) in [4.78, 5) is 6.65. The minimum absolute atomic E-state index is 0.373. The molecule has 2 rings (SSSR count). The normalized spacial score (nSPS) is 17.5. The van der Waals surface area contributed by atoms with Gasteiger partial charge in [0.2, 0.25) is 0 Å². The zero-order valence-corrected chi connectivity index (χ0v) is 15.1. The summed E-state index contributed by atoms with van der Waals surface area (Å²) in [5.41, 5.74) is 1.66. The highest BCUT2D eigenvalue weighted by Gasteiger charge is 2.33. The molecule has 0 unspecified atom stereocenters. The van der Waals surface area contributed by atoms with E-state index in [1.807, 2.05) is 7.05 Å². The summed E-state index contributed by atoms with van der Waals surface area (Å²) in [5.74, 6) is 0.967. The fraction of sp³-hybridized carbons (Fsp3) is 0.722. The smallest absolute Gasteiger partial charge is 0.193 e. The van der Waals surface area contributed by atoms with Crippen LogP contribution < -0.4 is 5.32 Å². The molecule has 1 aliphatic rings. The second-order valence-electron chi connectivity index (χ2n) is 6.82. The van der Waals surface area contributed by atoms with Crippen LogP contribution in [0.2, 0.25) is 0 Å². The monoisotopic (exact) mass is 320 g/mol. The van der Waals surface area contributed by atoms with Crippen molar-refractivity contribution in [1.29, 1.82) is 0 Å². The molecule has 5 nitrogen and oxygen atoms in total. The number of aliphatic imine (C=N–C) groups is 1. The number of hydrogen-bond donors (Lipinski definition) is 1. The molecule has 1 saturated carbocycles. The van der Waals surface area contributed by atoms with Crippen LogP contribution in [-0.2, 0) is 18.3 Å². The van der Waals surface area contributed by atoms with Crippen LogP contribution in [0.5, 0.6) is 0 Å². The van der Waals surface area contributed by atoms with Crippen LogP contribution >= 0.6 is 0 Å². The van der Waals surface area contributed by atoms with Crippen LogP contribution in [-0.4, -0.2) is 49.8 Å². The van der Waals surface area contributed by atoms with Crippen molar-refractivity contribution in [2.24, 2.45) is 17.5 Å². The van der Waals surface area contributed by atoms with E-state index in [9.17, 15) is 0 Å². The fourth-order valence-electron chi connectivity index (χ4n) is 3.59. The minimum Gasteiger partial charge on any atom is -0.385 e. The van der Waals surface area contributed by atoms with Gasteiger partial charge in [-0.25, -0.2) is 0 Å². The van der Waals surface area contributed by atoms with Crippen molar-refractivity contribution in [3.8, 4) is 0 Å². The molecule has 0 saturated heterocycles. The molecule has 0 aliphatic heterocycles. The van der Waals surface area contributed by atoms with Gasteiger partial charge in [-0.05, 0) is 36.8 Å². The van der Waals surface area contributed by atoms with Gasteiger partial charge in [-0.15, -0.1) is 0 Å². The van der Waals surface area contributed by atoms with Crippen molar-refractivity contribution in [2.75, 3.05) is 34.4 Å². The van der Waals surface area contributed by atoms with Crippen molar-refractivity contribution in [2.45, 2.75) is 38.6 Å². The van der Waals surface area contributed by atoms with Gasteiger partial charge in [0.1, 0.15) is 0 Å². The summed E-state index contributed by atoms with van der Waals surface area (Å²) in [5, 5.41) is 3.60. The lowest BCUT2D eigenvalue weighted by molar-refractivity contribution is 0.138. The third-order valence-corrected chi connectivity index (χ3v) is 5.15. The molecular formula is C18H32N4O. The lowest BCUT2D eigenvalue weighted by Crippen LogP contribution is -2.44. The Balaban J connectivity index is 1.92. The summed E-state index contributed by atoms with van der Waals surface area (Å²) in [6.45, 7) is 2.69. The van der Waals surface area contributed by atoms with E-state index in [1.54, 1.807) is 7.11 Å². The first-order valence-corrected chi connectivity index (χ1v) is 8.61. The number of nitrogens with one attached hydrogen (secondary N) is 1. The number of ether oxygens (including phenoxy) is 1. The molecule has 0 radical (unpaired) electrons. The molecule has 1 N–H and O–H groups in total. The summed E-state index contributed by atoms with van der Waals surface area (Å²) in [6.07, 6.45) is 8.47. The number of methoxy groups -OCH3 is 1. The molecule has 1 aromatic rings. The highest BCUT2D eigenvalue weighted by atomic mass is 16.5. The van der Waals surface area contributed by atoms with Gasteiger partial charge < -0.3 is 19.5 Å². The second kappa shape index (κ2) is 8.39. The van der Waals surface area contributed by atoms with E-state index in [0.717, 1.165) is 32.1 Å². The first kappa shape index (κ1) is 17.9. The van der Waals surface area contributed by atoms with Gasteiger partial charge in [-0.2, -0.15) is 0 Å². The Bertz CT molecular complexity index is 503. The molecule has 23 heavy (non-hydrogen) atoms. The molecule has 0 amide bonds. The number of rotatable bonds is 7. The third kappa shape index (κ3) is 4.74. The van der Waals surface area contributed by atoms with Crippen LogP contribution in [0, 0.1) is 5.41 Å². The quantitative estimate of drug-likeness (QED) is 0.620. The van der Waals surface area contributed by atoms with Crippen LogP contribution in [0.25, 0.3) is 0 Å². The molecule has 1 aromatic heterocycles. The molecule has 0 bridgehead atoms. The summed E-state index contributed by atoms with van der Waals surface area (Å²) in [6, 6.07) is 4.23. The number of nitrogens with zero attached hydrogens (tertiary/aromatic N) is 3. The third-order valence-electron chi connectivity index (χ3n) is 5.15. The fourth-order valence-corrected chi connectivity index (χ4v) is 3.59. The lowest BCUT2D eigenvalue weighted by atomic mass is 9.83. The zero-order chi connectivity index (χ0) is 16.7. The average molecular weight is 320 g/mol. The topological polar surface area (TPSA) is 41.8 Å². The van der Waals surface area contributed by atoms with Crippen molar-refractivity contribution in [3.63, 3.8) is 0 Å². The maximum atomic E-state index is 5.32. The number of hydrogen-bond acceptors (Lipinski definition) is 2. The van der Waals surface area contributed by atoms with Crippen molar-refractivity contribution in [3.05, 3.63) is 24.0 Å². The Hall–Kier alpha value is -1.49. The standard InChI is InChI=1S/C18H32N4O/c1-19-17(22(3)14-16-8-7-12-21(16)2)20-15-18(11-13-23-4)9-5-6-10-18/h7-8,12H,5-6,9-11,13-15H2,1-4H3,(H,19,20). The van der Waals surface area contributed by atoms with E-state index in [1.165, 1.54) is 31.4 Å². The highest BCUT2D eigenvalue weighted by molar-refractivity contribution is 5.79. The van der Waals surface area contributed by atoms with Crippen molar-refractivity contribution < 1.29 is 4.74 Å². The van der Waals surface area contributed by atoms with Gasteiger partial charge >= 0.3 is 0 Å². The summed E-state index contributed by atoms with van der Waals surface area (Å²) >= 11 is 0. The first-order valence-electron chi connectivity index (χ1n) is 8.61. The van der Waals surface area contributed by atoms with E-state index in [2.05, 4.69) is 52.2 Å². The predicted octanol–water partition coefficient (Wildman–Crippen LogP) is 2.63. The Morgan fingerprint density at radius 1 is 1.43 bits per heavy atom.